The van der Waals surface area contributed by atoms with Crippen molar-refractivity contribution in [3.8, 4) is 0 Å². The lowest BCUT2D eigenvalue weighted by Crippen LogP contribution is -2.37. The van der Waals surface area contributed by atoms with Gasteiger partial charge in [-0.15, -0.1) is 0 Å². The number of allylic oxidation sites excluding steroid dienone is 4. The lowest BCUT2D eigenvalue weighted by atomic mass is 9.74. The minimum atomic E-state index is -5.06. The van der Waals surface area contributed by atoms with E-state index in [0.717, 1.165) is 23.2 Å². The van der Waals surface area contributed by atoms with Gasteiger partial charge < -0.3 is 10.0 Å². The first kappa shape index (κ1) is 36.7. The van der Waals surface area contributed by atoms with Gasteiger partial charge in [-0.05, 0) is 76.1 Å². The summed E-state index contributed by atoms with van der Waals surface area (Å²) in [5, 5.41) is 13.6. The van der Waals surface area contributed by atoms with Gasteiger partial charge in [-0.2, -0.15) is 18.3 Å². The van der Waals surface area contributed by atoms with E-state index in [4.69, 9.17) is 11.6 Å². The summed E-state index contributed by atoms with van der Waals surface area (Å²) in [6.45, 7) is 9.09. The Bertz CT molecular complexity index is 1550. The van der Waals surface area contributed by atoms with Crippen LogP contribution in [-0.2, 0) is 22.3 Å². The number of carbonyl (C=O) groups is 3. The molecule has 0 unspecified atom stereocenters. The Morgan fingerprint density at radius 3 is 2.24 bits per heavy atom. The number of alkyl halides is 3. The molecule has 0 bridgehead atoms. The molecule has 1 heterocycles. The molecule has 0 saturated heterocycles. The second kappa shape index (κ2) is 14.7. The van der Waals surface area contributed by atoms with Crippen LogP contribution in [0.4, 0.5) is 22.0 Å². The zero-order valence-corrected chi connectivity index (χ0v) is 26.9. The topological polar surface area (TPSA) is 92.5 Å². The summed E-state index contributed by atoms with van der Waals surface area (Å²) in [5.74, 6) is -4.94. The van der Waals surface area contributed by atoms with Crippen LogP contribution in [0.3, 0.4) is 0 Å². The number of carboxylic acid groups (broad SMARTS) is 1. The third kappa shape index (κ3) is 8.71. The number of nitrogens with zero attached hydrogens (tertiary/aromatic N) is 3. The van der Waals surface area contributed by atoms with Crippen LogP contribution in [0.2, 0.25) is 0 Å². The molecule has 0 aliphatic heterocycles. The number of benzene rings is 1. The highest BCUT2D eigenvalue weighted by Gasteiger charge is 2.45. The van der Waals surface area contributed by atoms with Crippen LogP contribution in [0.15, 0.2) is 58.8 Å². The smallest absolute Gasteiger partial charge is 0.433 e. The summed E-state index contributed by atoms with van der Waals surface area (Å²) in [7, 11) is 0. The third-order valence-electron chi connectivity index (χ3n) is 8.01. The van der Waals surface area contributed by atoms with Gasteiger partial charge in [0.05, 0.1) is 29.8 Å². The maximum Gasteiger partial charge on any atom is 0.433 e. The van der Waals surface area contributed by atoms with Gasteiger partial charge in [0, 0.05) is 23.2 Å². The van der Waals surface area contributed by atoms with Crippen LogP contribution < -0.4 is 0 Å². The number of hydrogen-bond acceptors (Lipinski definition) is 4. The van der Waals surface area contributed by atoms with E-state index >= 15 is 0 Å². The number of carbonyl (C=O) groups excluding carboxylic acids is 2. The number of amides is 1. The molecular weight excluding hydrogens is 633 g/mol. The molecule has 7 nitrogen and oxygen atoms in total. The van der Waals surface area contributed by atoms with E-state index < -0.39 is 71.3 Å². The number of aromatic nitrogens is 2. The van der Waals surface area contributed by atoms with Crippen LogP contribution >= 0.6 is 11.6 Å². The highest BCUT2D eigenvalue weighted by Crippen LogP contribution is 2.43. The quantitative estimate of drug-likeness (QED) is 0.139. The monoisotopic (exact) mass is 669 g/mol. The highest BCUT2D eigenvalue weighted by molar-refractivity contribution is 6.32. The number of ketones is 1. The predicted octanol–water partition coefficient (Wildman–Crippen LogP) is 8.41. The third-order valence-corrected chi connectivity index (χ3v) is 8.39. The van der Waals surface area contributed by atoms with Crippen LogP contribution in [0.1, 0.15) is 93.9 Å². The lowest BCUT2D eigenvalue weighted by molar-refractivity contribution is -0.152. The van der Waals surface area contributed by atoms with Gasteiger partial charge in [0.1, 0.15) is 11.6 Å². The van der Waals surface area contributed by atoms with E-state index in [2.05, 4.69) is 11.7 Å². The van der Waals surface area contributed by atoms with Gasteiger partial charge in [-0.25, -0.2) is 8.78 Å². The molecule has 0 atom stereocenters. The van der Waals surface area contributed by atoms with Crippen molar-refractivity contribution >= 4 is 29.3 Å². The van der Waals surface area contributed by atoms with Crippen molar-refractivity contribution in [3.63, 3.8) is 0 Å². The summed E-state index contributed by atoms with van der Waals surface area (Å²) in [5.41, 5.74) is -2.33. The Balaban J connectivity index is 2.10. The molecule has 1 fully saturated rings. The first-order chi connectivity index (χ1) is 21.4. The van der Waals surface area contributed by atoms with Crippen molar-refractivity contribution in [1.82, 2.24) is 14.7 Å². The van der Waals surface area contributed by atoms with E-state index in [1.807, 2.05) is 6.92 Å². The largest absolute Gasteiger partial charge is 0.481 e. The second-order valence-electron chi connectivity index (χ2n) is 12.0. The summed E-state index contributed by atoms with van der Waals surface area (Å²) in [6.07, 6.45) is -1.48. The minimum Gasteiger partial charge on any atom is -0.481 e. The van der Waals surface area contributed by atoms with E-state index in [1.165, 1.54) is 6.92 Å². The fourth-order valence-corrected chi connectivity index (χ4v) is 6.14. The highest BCUT2D eigenvalue weighted by atomic mass is 35.5. The zero-order chi connectivity index (χ0) is 34.6. The summed E-state index contributed by atoms with van der Waals surface area (Å²) < 4.78 is 72.7. The molecule has 1 aromatic heterocycles. The van der Waals surface area contributed by atoms with E-state index in [9.17, 15) is 41.4 Å². The Morgan fingerprint density at radius 1 is 1.15 bits per heavy atom. The molecule has 1 amide bonds. The van der Waals surface area contributed by atoms with Crippen LogP contribution in [0.5, 0.6) is 0 Å². The average molecular weight is 670 g/mol. The molecule has 46 heavy (non-hydrogen) atoms. The van der Waals surface area contributed by atoms with Crippen molar-refractivity contribution in [2.24, 2.45) is 5.41 Å². The number of hydrogen-bond donors (Lipinski definition) is 1. The van der Waals surface area contributed by atoms with E-state index in [0.29, 0.717) is 34.7 Å². The maximum absolute atomic E-state index is 14.6. The molecule has 1 N–H and O–H groups in total. The zero-order valence-electron chi connectivity index (χ0n) is 26.1. The molecule has 250 valence electrons. The van der Waals surface area contributed by atoms with Crippen LogP contribution in [0.25, 0.3) is 0 Å². The Morgan fingerprint density at radius 2 is 1.74 bits per heavy atom. The molecule has 1 aromatic carbocycles. The summed E-state index contributed by atoms with van der Waals surface area (Å²) in [4.78, 5) is 40.2. The van der Waals surface area contributed by atoms with Crippen molar-refractivity contribution in [2.45, 2.75) is 85.0 Å². The second-order valence-corrected chi connectivity index (χ2v) is 12.5. The van der Waals surface area contributed by atoms with Gasteiger partial charge in [0.25, 0.3) is 5.91 Å². The molecular formula is C33H37ClF5N3O4. The van der Waals surface area contributed by atoms with Crippen molar-refractivity contribution < 1.29 is 41.4 Å². The first-order valence-electron chi connectivity index (χ1n) is 14.8. The lowest BCUT2D eigenvalue weighted by Gasteiger charge is -2.34. The van der Waals surface area contributed by atoms with Gasteiger partial charge >= 0.3 is 12.1 Å². The molecule has 13 heteroatoms. The van der Waals surface area contributed by atoms with E-state index in [1.54, 1.807) is 19.9 Å². The molecule has 2 aromatic rings. The normalized spacial score (nSPS) is 19.4. The fourth-order valence-electron chi connectivity index (χ4n) is 5.69. The van der Waals surface area contributed by atoms with Gasteiger partial charge in [0.2, 0.25) is 0 Å². The number of aliphatic carboxylic acids is 1. The number of Topliss-reactive ketones (excluding diaryl/α,β-unsaturated/α-hetero) is 1. The number of carboxylic acids is 1. The number of rotatable bonds is 12. The van der Waals surface area contributed by atoms with Crippen molar-refractivity contribution in [1.29, 1.82) is 0 Å². The fraction of sp³-hybridized carbons (Fsp3) is 0.455. The standard InChI is InChI=1S/C33H37ClF5N3O4/c1-6-7-26(34)28(20(4)12-19(2)3)27(43)18-41(17-21-13-22(35)15-23(36)14-21)30(44)25-16-40-42(29(25)33(37,38)39)24-8-10-32(5,11-9-24)31(45)46/h12-16,24H,2,6-11,17-18H2,1,3-5H3,(H,45,46). The van der Waals surface area contributed by atoms with Crippen LogP contribution in [0, 0.1) is 17.0 Å². The van der Waals surface area contributed by atoms with Crippen molar-refractivity contribution in [3.05, 3.63) is 87.3 Å². The molecule has 3 rings (SSSR count). The first-order valence-corrected chi connectivity index (χ1v) is 15.1. The Labute approximate surface area is 269 Å². The van der Waals surface area contributed by atoms with Crippen LogP contribution in [-0.4, -0.2) is 44.0 Å². The molecule has 1 saturated carbocycles. The molecule has 0 spiro atoms. The molecule has 1 aliphatic carbocycles. The van der Waals surface area contributed by atoms with Crippen molar-refractivity contribution in [2.75, 3.05) is 6.54 Å². The summed E-state index contributed by atoms with van der Waals surface area (Å²) >= 11 is 6.50. The Hall–Kier alpha value is -3.80. The SMILES string of the molecule is C=C(C)C=C(C)C(C(=O)CN(Cc1cc(F)cc(F)c1)C(=O)c1cnn(C2CCC(C)(C(=O)O)CC2)c1C(F)(F)F)=C(Cl)CCC. The average Bonchev–Trinajstić information content (AvgIpc) is 3.38. The molecule has 1 aliphatic rings. The van der Waals surface area contributed by atoms with Gasteiger partial charge in [0.15, 0.2) is 11.5 Å². The maximum atomic E-state index is 14.6. The minimum absolute atomic E-state index is 0.0603. The van der Waals surface area contributed by atoms with E-state index in [-0.39, 0.29) is 41.9 Å². The number of halogens is 6. The predicted molar refractivity (Wildman–Crippen MR) is 163 cm³/mol. The summed E-state index contributed by atoms with van der Waals surface area (Å²) in [6, 6.07) is 1.59. The van der Waals surface area contributed by atoms with Gasteiger partial charge in [-0.3, -0.25) is 19.1 Å². The van der Waals surface area contributed by atoms with Gasteiger partial charge in [-0.1, -0.05) is 43.2 Å². The Kier molecular flexibility index (Phi) is 11.8. The molecule has 0 radical (unpaired) electrons.